The average molecular weight is 195 g/mol. The Labute approximate surface area is 87.0 Å². The maximum Gasteiger partial charge on any atom is 0.114 e. The Balaban J connectivity index is 2.28. The first kappa shape index (κ1) is 8.17. The van der Waals surface area contributed by atoms with Crippen LogP contribution in [0.1, 0.15) is 0 Å². The molecule has 0 N–H and O–H groups in total. The van der Waals surface area contributed by atoms with E-state index in [1.165, 1.54) is 0 Å². The third-order valence-electron chi connectivity index (χ3n) is 2.35. The lowest BCUT2D eigenvalue weighted by molar-refractivity contribution is 1.15. The van der Waals surface area contributed by atoms with E-state index in [0.717, 1.165) is 16.9 Å². The predicted molar refractivity (Wildman–Crippen MR) is 58.4 cm³/mol. The van der Waals surface area contributed by atoms with Gasteiger partial charge in [-0.15, -0.1) is 0 Å². The molecule has 0 amide bonds. The van der Waals surface area contributed by atoms with Crippen molar-refractivity contribution in [3.8, 4) is 11.4 Å². The molecule has 3 heterocycles. The van der Waals surface area contributed by atoms with E-state index in [4.69, 9.17) is 0 Å². The van der Waals surface area contributed by atoms with Crippen molar-refractivity contribution in [1.29, 1.82) is 0 Å². The molecule has 3 rings (SSSR count). The molecule has 0 atom stereocenters. The molecule has 0 aliphatic carbocycles. The van der Waals surface area contributed by atoms with Crippen molar-refractivity contribution in [2.45, 2.75) is 0 Å². The fourth-order valence-electron chi connectivity index (χ4n) is 1.64. The zero-order valence-corrected chi connectivity index (χ0v) is 8.04. The number of rotatable bonds is 1. The summed E-state index contributed by atoms with van der Waals surface area (Å²) in [7, 11) is 0. The molecule has 0 aromatic carbocycles. The molecule has 0 unspecified atom stereocenters. The van der Waals surface area contributed by atoms with E-state index in [1.54, 1.807) is 12.5 Å². The molecule has 0 fully saturated rings. The Kier molecular flexibility index (Phi) is 1.75. The van der Waals surface area contributed by atoms with Gasteiger partial charge in [0.15, 0.2) is 0 Å². The van der Waals surface area contributed by atoms with Gasteiger partial charge in [0.1, 0.15) is 12.0 Å². The minimum Gasteiger partial charge on any atom is -0.306 e. The van der Waals surface area contributed by atoms with Gasteiger partial charge >= 0.3 is 0 Å². The van der Waals surface area contributed by atoms with Gasteiger partial charge in [-0.2, -0.15) is 0 Å². The third-order valence-corrected chi connectivity index (χ3v) is 2.35. The fourth-order valence-corrected chi connectivity index (χ4v) is 1.64. The van der Waals surface area contributed by atoms with Crippen LogP contribution in [-0.2, 0) is 0 Å². The molecular formula is C12H9N3. The van der Waals surface area contributed by atoms with Crippen LogP contribution in [0.4, 0.5) is 0 Å². The van der Waals surface area contributed by atoms with Gasteiger partial charge in [-0.1, -0.05) is 12.1 Å². The van der Waals surface area contributed by atoms with Crippen LogP contribution in [0, 0.1) is 0 Å². The molecule has 3 aromatic rings. The first-order chi connectivity index (χ1) is 7.45. The molecule has 0 spiro atoms. The summed E-state index contributed by atoms with van der Waals surface area (Å²) in [5, 5.41) is 0. The second-order valence-electron chi connectivity index (χ2n) is 3.30. The van der Waals surface area contributed by atoms with Crippen LogP contribution in [0.2, 0.25) is 0 Å². The number of imidazole rings is 1. The van der Waals surface area contributed by atoms with Gasteiger partial charge in [-0.3, -0.25) is 4.98 Å². The Morgan fingerprint density at radius 2 is 1.87 bits per heavy atom. The van der Waals surface area contributed by atoms with E-state index in [2.05, 4.69) is 9.97 Å². The van der Waals surface area contributed by atoms with Crippen LogP contribution in [0.5, 0.6) is 0 Å². The van der Waals surface area contributed by atoms with E-state index in [1.807, 2.05) is 47.0 Å². The second-order valence-corrected chi connectivity index (χ2v) is 3.30. The minimum atomic E-state index is 0.909. The van der Waals surface area contributed by atoms with Crippen molar-refractivity contribution in [3.63, 3.8) is 0 Å². The molecule has 3 heteroatoms. The largest absolute Gasteiger partial charge is 0.306 e. The van der Waals surface area contributed by atoms with E-state index in [-0.39, 0.29) is 0 Å². The number of fused-ring (bicyclic) bond motifs is 1. The highest BCUT2D eigenvalue weighted by Gasteiger charge is 2.05. The van der Waals surface area contributed by atoms with Crippen LogP contribution >= 0.6 is 0 Å². The van der Waals surface area contributed by atoms with Crippen molar-refractivity contribution in [1.82, 2.24) is 14.4 Å². The fraction of sp³-hybridized carbons (Fsp3) is 0. The summed E-state index contributed by atoms with van der Waals surface area (Å²) in [5.41, 5.74) is 2.92. The molecule has 0 saturated heterocycles. The second kappa shape index (κ2) is 3.20. The van der Waals surface area contributed by atoms with Crippen molar-refractivity contribution in [3.05, 3.63) is 55.1 Å². The monoisotopic (exact) mass is 195 g/mol. The van der Waals surface area contributed by atoms with Gasteiger partial charge in [-0.05, 0) is 24.3 Å². The van der Waals surface area contributed by atoms with E-state index in [0.29, 0.717) is 0 Å². The summed E-state index contributed by atoms with van der Waals surface area (Å²) in [6.07, 6.45) is 5.57. The van der Waals surface area contributed by atoms with E-state index < -0.39 is 0 Å². The van der Waals surface area contributed by atoms with Crippen LogP contribution < -0.4 is 0 Å². The number of hydrogen-bond donors (Lipinski definition) is 0. The third kappa shape index (κ3) is 1.29. The molecule has 0 bridgehead atoms. The van der Waals surface area contributed by atoms with Gasteiger partial charge in [0.05, 0.1) is 11.2 Å². The van der Waals surface area contributed by atoms with Gasteiger partial charge in [-0.25, -0.2) is 4.98 Å². The van der Waals surface area contributed by atoms with Gasteiger partial charge in [0.2, 0.25) is 0 Å². The van der Waals surface area contributed by atoms with Crippen LogP contribution in [0.3, 0.4) is 0 Å². The Bertz CT molecular complexity index is 584. The summed E-state index contributed by atoms with van der Waals surface area (Å²) in [4.78, 5) is 8.66. The zero-order valence-electron chi connectivity index (χ0n) is 8.04. The topological polar surface area (TPSA) is 30.2 Å². The van der Waals surface area contributed by atoms with Crippen molar-refractivity contribution in [2.75, 3.05) is 0 Å². The zero-order chi connectivity index (χ0) is 10.1. The quantitative estimate of drug-likeness (QED) is 0.596. The van der Waals surface area contributed by atoms with Gasteiger partial charge < -0.3 is 4.40 Å². The van der Waals surface area contributed by atoms with Crippen LogP contribution in [0.15, 0.2) is 55.1 Å². The van der Waals surface area contributed by atoms with Crippen molar-refractivity contribution >= 4 is 5.52 Å². The highest BCUT2D eigenvalue weighted by atomic mass is 15.0. The summed E-state index contributed by atoms with van der Waals surface area (Å²) in [5.74, 6) is 0. The summed E-state index contributed by atoms with van der Waals surface area (Å²) < 4.78 is 1.99. The maximum atomic E-state index is 4.37. The SMILES string of the molecule is c1ccc(-c2ncn3ccccc23)nc1. The highest BCUT2D eigenvalue weighted by molar-refractivity contribution is 5.74. The molecule has 0 aliphatic rings. The van der Waals surface area contributed by atoms with Crippen LogP contribution in [-0.4, -0.2) is 14.4 Å². The molecular weight excluding hydrogens is 186 g/mol. The smallest absolute Gasteiger partial charge is 0.114 e. The first-order valence-corrected chi connectivity index (χ1v) is 4.78. The van der Waals surface area contributed by atoms with Crippen molar-refractivity contribution in [2.24, 2.45) is 0 Å². The summed E-state index contributed by atoms with van der Waals surface area (Å²) >= 11 is 0. The van der Waals surface area contributed by atoms with Gasteiger partial charge in [0.25, 0.3) is 0 Å². The molecule has 3 nitrogen and oxygen atoms in total. The first-order valence-electron chi connectivity index (χ1n) is 4.78. The Morgan fingerprint density at radius 1 is 0.933 bits per heavy atom. The van der Waals surface area contributed by atoms with Crippen LogP contribution in [0.25, 0.3) is 16.9 Å². The molecule has 0 aliphatic heterocycles. The Morgan fingerprint density at radius 3 is 2.73 bits per heavy atom. The lowest BCUT2D eigenvalue weighted by atomic mass is 10.2. The number of pyridine rings is 2. The minimum absolute atomic E-state index is 0.909. The number of aromatic nitrogens is 3. The lowest BCUT2D eigenvalue weighted by Crippen LogP contribution is -1.83. The van der Waals surface area contributed by atoms with Crippen molar-refractivity contribution < 1.29 is 0 Å². The lowest BCUT2D eigenvalue weighted by Gasteiger charge is -1.96. The maximum absolute atomic E-state index is 4.37. The van der Waals surface area contributed by atoms with E-state index >= 15 is 0 Å². The molecule has 15 heavy (non-hydrogen) atoms. The average Bonchev–Trinajstić information content (AvgIpc) is 2.74. The number of hydrogen-bond acceptors (Lipinski definition) is 2. The standard InChI is InChI=1S/C12H9N3/c1-3-7-13-10(5-1)12-11-6-2-4-8-15(11)9-14-12/h1-9H. The van der Waals surface area contributed by atoms with E-state index in [9.17, 15) is 0 Å². The molecule has 3 aromatic heterocycles. The predicted octanol–water partition coefficient (Wildman–Crippen LogP) is 2.40. The normalized spacial score (nSPS) is 10.7. The molecule has 0 radical (unpaired) electrons. The summed E-state index contributed by atoms with van der Waals surface area (Å²) in [6, 6.07) is 11.9. The number of nitrogens with zero attached hydrogens (tertiary/aromatic N) is 3. The summed E-state index contributed by atoms with van der Waals surface area (Å²) in [6.45, 7) is 0. The highest BCUT2D eigenvalue weighted by Crippen LogP contribution is 2.19. The molecule has 0 saturated carbocycles. The Hall–Kier alpha value is -2.16. The molecule has 72 valence electrons. The van der Waals surface area contributed by atoms with Gasteiger partial charge in [0, 0.05) is 12.4 Å².